The second-order valence-electron chi connectivity index (χ2n) is 8.66. The molecule has 0 unspecified atom stereocenters. The van der Waals surface area contributed by atoms with Crippen molar-refractivity contribution in [1.29, 1.82) is 0 Å². The van der Waals surface area contributed by atoms with Crippen LogP contribution in [0, 0.1) is 16.7 Å². The third-order valence-electron chi connectivity index (χ3n) is 6.65. The van der Waals surface area contributed by atoms with Crippen molar-refractivity contribution in [3.63, 3.8) is 0 Å². The van der Waals surface area contributed by atoms with E-state index < -0.39 is 18.4 Å². The molecular weight excluding hydrogens is 320 g/mol. The predicted molar refractivity (Wildman–Crippen MR) is 92.4 cm³/mol. The fourth-order valence-electron chi connectivity index (χ4n) is 5.53. The van der Waals surface area contributed by atoms with Gasteiger partial charge in [-0.25, -0.2) is 4.79 Å². The zero-order valence-electron chi connectivity index (χ0n) is 15.5. The van der Waals surface area contributed by atoms with Gasteiger partial charge in [-0.05, 0) is 49.0 Å². The monoisotopic (exact) mass is 348 g/mol. The van der Waals surface area contributed by atoms with Crippen LogP contribution in [0.1, 0.15) is 59.8 Å². The molecule has 3 rings (SSSR count). The zero-order chi connectivity index (χ0) is 18.6. The Kier molecular flexibility index (Phi) is 4.44. The minimum absolute atomic E-state index is 0.111. The summed E-state index contributed by atoms with van der Waals surface area (Å²) in [6.07, 6.45) is 3.27. The molecule has 138 valence electrons. The molecule has 4 atom stereocenters. The fraction of sp³-hybridized carbons (Fsp3) is 0.700. The maximum absolute atomic E-state index is 12.7. The number of Topliss-reactive ketones (excluding diaryl/α,β-unsaturated/α-hetero) is 1. The van der Waals surface area contributed by atoms with E-state index in [9.17, 15) is 19.8 Å². The van der Waals surface area contributed by atoms with Crippen molar-refractivity contribution >= 4 is 11.8 Å². The lowest BCUT2D eigenvalue weighted by Crippen LogP contribution is -2.55. The Morgan fingerprint density at radius 2 is 1.84 bits per heavy atom. The molecule has 3 aliphatic rings. The van der Waals surface area contributed by atoms with E-state index in [0.717, 1.165) is 24.8 Å². The third-order valence-corrected chi connectivity index (χ3v) is 6.65. The number of ether oxygens (including phenoxy) is 1. The van der Waals surface area contributed by atoms with Crippen LogP contribution in [-0.4, -0.2) is 34.4 Å². The summed E-state index contributed by atoms with van der Waals surface area (Å²) in [7, 11) is 0. The standard InChI is InChI=1S/C20H28O5/c1-11-13(7-6-12-10-14(21)25-18(12)24)20(4)9-5-8-19(2,3)17(20)16(23)15(11)22/h10,16-18,23-24H,5-9H2,1-4H3/t16-,17-,18+,20-/m1/s1. The van der Waals surface area contributed by atoms with Gasteiger partial charge in [0.15, 0.2) is 5.78 Å². The van der Waals surface area contributed by atoms with Crippen LogP contribution in [0.4, 0.5) is 0 Å². The molecule has 0 saturated heterocycles. The summed E-state index contributed by atoms with van der Waals surface area (Å²) in [5.41, 5.74) is 1.91. The molecule has 1 aliphatic heterocycles. The molecule has 0 amide bonds. The summed E-state index contributed by atoms with van der Waals surface area (Å²) in [5, 5.41) is 20.5. The summed E-state index contributed by atoms with van der Waals surface area (Å²) in [4.78, 5) is 24.0. The maximum atomic E-state index is 12.7. The van der Waals surface area contributed by atoms with E-state index in [-0.39, 0.29) is 22.5 Å². The summed E-state index contributed by atoms with van der Waals surface area (Å²) in [6, 6.07) is 0. The summed E-state index contributed by atoms with van der Waals surface area (Å²) >= 11 is 0. The molecule has 1 saturated carbocycles. The minimum atomic E-state index is -1.18. The molecule has 0 bridgehead atoms. The molecule has 1 heterocycles. The first kappa shape index (κ1) is 18.3. The lowest BCUT2D eigenvalue weighted by molar-refractivity contribution is -0.151. The van der Waals surface area contributed by atoms with E-state index in [0.29, 0.717) is 24.0 Å². The lowest BCUT2D eigenvalue weighted by atomic mass is 9.48. The average molecular weight is 348 g/mol. The van der Waals surface area contributed by atoms with Crippen LogP contribution in [-0.2, 0) is 14.3 Å². The largest absolute Gasteiger partial charge is 0.429 e. The van der Waals surface area contributed by atoms with Crippen molar-refractivity contribution in [3.05, 3.63) is 22.8 Å². The Labute approximate surface area is 148 Å². The first-order chi connectivity index (χ1) is 11.6. The number of cyclic esters (lactones) is 1. The highest BCUT2D eigenvalue weighted by Crippen LogP contribution is 2.59. The Balaban J connectivity index is 1.94. The number of carbonyl (C=O) groups excluding carboxylic acids is 2. The number of aliphatic hydroxyl groups excluding tert-OH is 2. The maximum Gasteiger partial charge on any atom is 0.333 e. The van der Waals surface area contributed by atoms with Gasteiger partial charge in [0.1, 0.15) is 6.10 Å². The quantitative estimate of drug-likeness (QED) is 0.766. The zero-order valence-corrected chi connectivity index (χ0v) is 15.5. The van der Waals surface area contributed by atoms with Crippen LogP contribution in [0.2, 0.25) is 0 Å². The number of fused-ring (bicyclic) bond motifs is 1. The van der Waals surface area contributed by atoms with Gasteiger partial charge in [0.05, 0.1) is 0 Å². The Morgan fingerprint density at radius 1 is 1.16 bits per heavy atom. The van der Waals surface area contributed by atoms with Crippen molar-refractivity contribution in [3.8, 4) is 0 Å². The molecule has 25 heavy (non-hydrogen) atoms. The van der Waals surface area contributed by atoms with E-state index in [1.54, 1.807) is 6.92 Å². The highest BCUT2D eigenvalue weighted by molar-refractivity contribution is 6.00. The number of allylic oxidation sites excluding steroid dienone is 1. The molecule has 0 aromatic heterocycles. The van der Waals surface area contributed by atoms with Crippen LogP contribution in [0.5, 0.6) is 0 Å². The van der Waals surface area contributed by atoms with Gasteiger partial charge in [-0.3, -0.25) is 4.79 Å². The molecule has 5 nitrogen and oxygen atoms in total. The number of hydrogen-bond donors (Lipinski definition) is 2. The van der Waals surface area contributed by atoms with Gasteiger partial charge in [0.2, 0.25) is 6.29 Å². The van der Waals surface area contributed by atoms with Crippen LogP contribution in [0.3, 0.4) is 0 Å². The van der Waals surface area contributed by atoms with Gasteiger partial charge in [0.25, 0.3) is 0 Å². The van der Waals surface area contributed by atoms with Crippen molar-refractivity contribution in [2.24, 2.45) is 16.7 Å². The second kappa shape index (κ2) is 6.06. The van der Waals surface area contributed by atoms with Crippen LogP contribution >= 0.6 is 0 Å². The van der Waals surface area contributed by atoms with Gasteiger partial charge < -0.3 is 14.9 Å². The van der Waals surface area contributed by atoms with Crippen LogP contribution in [0.15, 0.2) is 22.8 Å². The van der Waals surface area contributed by atoms with Crippen molar-refractivity contribution < 1.29 is 24.5 Å². The first-order valence-corrected chi connectivity index (χ1v) is 9.09. The summed E-state index contributed by atoms with van der Waals surface area (Å²) in [6.45, 7) is 8.23. The predicted octanol–water partition coefficient (Wildman–Crippen LogP) is 2.66. The second-order valence-corrected chi connectivity index (χ2v) is 8.66. The number of hydrogen-bond acceptors (Lipinski definition) is 5. The normalized spacial score (nSPS) is 37.7. The molecule has 2 aliphatic carbocycles. The van der Waals surface area contributed by atoms with Gasteiger partial charge in [-0.1, -0.05) is 32.8 Å². The minimum Gasteiger partial charge on any atom is -0.429 e. The van der Waals surface area contributed by atoms with E-state index in [4.69, 9.17) is 4.74 Å². The van der Waals surface area contributed by atoms with Gasteiger partial charge >= 0.3 is 5.97 Å². The van der Waals surface area contributed by atoms with E-state index in [2.05, 4.69) is 20.8 Å². The van der Waals surface area contributed by atoms with Gasteiger partial charge in [-0.2, -0.15) is 0 Å². The van der Waals surface area contributed by atoms with Gasteiger partial charge in [-0.15, -0.1) is 0 Å². The molecule has 1 fully saturated rings. The summed E-state index contributed by atoms with van der Waals surface area (Å²) in [5.74, 6) is -0.813. The van der Waals surface area contributed by atoms with E-state index in [1.165, 1.54) is 6.08 Å². The first-order valence-electron chi connectivity index (χ1n) is 9.09. The van der Waals surface area contributed by atoms with E-state index in [1.807, 2.05) is 0 Å². The molecule has 0 aromatic carbocycles. The van der Waals surface area contributed by atoms with Crippen LogP contribution in [0.25, 0.3) is 0 Å². The van der Waals surface area contributed by atoms with Crippen molar-refractivity contribution in [2.45, 2.75) is 72.2 Å². The smallest absolute Gasteiger partial charge is 0.333 e. The highest BCUT2D eigenvalue weighted by Gasteiger charge is 2.56. The Morgan fingerprint density at radius 3 is 2.44 bits per heavy atom. The molecule has 0 spiro atoms. The van der Waals surface area contributed by atoms with Crippen molar-refractivity contribution in [2.75, 3.05) is 0 Å². The molecular formula is C20H28O5. The van der Waals surface area contributed by atoms with E-state index >= 15 is 0 Å². The lowest BCUT2D eigenvalue weighted by Gasteiger charge is -2.56. The van der Waals surface area contributed by atoms with Crippen molar-refractivity contribution in [1.82, 2.24) is 0 Å². The fourth-order valence-corrected chi connectivity index (χ4v) is 5.53. The topological polar surface area (TPSA) is 83.8 Å². The highest BCUT2D eigenvalue weighted by atomic mass is 16.6. The molecule has 0 aromatic rings. The van der Waals surface area contributed by atoms with Crippen LogP contribution < -0.4 is 0 Å². The SMILES string of the molecule is CC1=C(CCC2=CC(=O)O[C@@H]2O)[C@@]2(C)CCCC(C)(C)[C@H]2[C@H](O)C1=O. The summed E-state index contributed by atoms with van der Waals surface area (Å²) < 4.78 is 4.74. The number of esters is 1. The Bertz CT molecular complexity index is 672. The molecule has 2 N–H and O–H groups in total. The van der Waals surface area contributed by atoms with Gasteiger partial charge in [0, 0.05) is 17.6 Å². The molecule has 0 radical (unpaired) electrons. The molecule has 5 heteroatoms. The third kappa shape index (κ3) is 2.87. The average Bonchev–Trinajstić information content (AvgIpc) is 2.81. The Hall–Kier alpha value is -1.46. The number of ketones is 1. The number of carbonyl (C=O) groups is 2. The number of rotatable bonds is 3. The number of aliphatic hydroxyl groups is 2.